The third-order valence-corrected chi connectivity index (χ3v) is 4.15. The monoisotopic (exact) mass is 305 g/mol. The molecule has 0 bridgehead atoms. The minimum absolute atomic E-state index is 0.300. The van der Waals surface area contributed by atoms with Gasteiger partial charge in [-0.15, -0.1) is 0 Å². The molecule has 0 saturated carbocycles. The third kappa shape index (κ3) is 4.33. The van der Waals surface area contributed by atoms with Gasteiger partial charge >= 0.3 is 0 Å². The molecular weight excluding hydrogens is 282 g/mol. The van der Waals surface area contributed by atoms with Gasteiger partial charge in [-0.2, -0.15) is 0 Å². The molecule has 0 radical (unpaired) electrons. The van der Waals surface area contributed by atoms with Gasteiger partial charge in [-0.3, -0.25) is 0 Å². The lowest BCUT2D eigenvalue weighted by molar-refractivity contribution is 0.466. The van der Waals surface area contributed by atoms with Gasteiger partial charge in [0.15, 0.2) is 0 Å². The number of furan rings is 1. The van der Waals surface area contributed by atoms with Crippen LogP contribution in [0.4, 0.5) is 0 Å². The molecule has 3 aromatic rings. The van der Waals surface area contributed by atoms with Gasteiger partial charge in [0.2, 0.25) is 0 Å². The second-order valence-corrected chi connectivity index (χ2v) is 5.93. The predicted molar refractivity (Wildman–Crippen MR) is 94.5 cm³/mol. The minimum atomic E-state index is 0.300. The second kappa shape index (κ2) is 7.80. The summed E-state index contributed by atoms with van der Waals surface area (Å²) in [6.45, 7) is 3.97. The van der Waals surface area contributed by atoms with Crippen molar-refractivity contribution in [2.75, 3.05) is 6.54 Å². The maximum atomic E-state index is 5.67. The minimum Gasteiger partial charge on any atom is -0.469 e. The van der Waals surface area contributed by atoms with Crippen molar-refractivity contribution >= 4 is 0 Å². The summed E-state index contributed by atoms with van der Waals surface area (Å²) in [6, 6.07) is 23.3. The molecule has 2 aromatic carbocycles. The summed E-state index contributed by atoms with van der Waals surface area (Å²) >= 11 is 0. The number of hydrogen-bond donors (Lipinski definition) is 1. The standard InChI is InChI=1S/C21H23NO/c1-17-9-11-19(12-10-17)20(21-8-5-15-23-21)13-14-22-16-18-6-3-2-4-7-18/h2-12,15,20,22H,13-14,16H2,1H3/t20-/m0/s1. The Morgan fingerprint density at radius 3 is 2.39 bits per heavy atom. The van der Waals surface area contributed by atoms with Crippen LogP contribution in [0.3, 0.4) is 0 Å². The lowest BCUT2D eigenvalue weighted by atomic mass is 9.92. The maximum absolute atomic E-state index is 5.67. The molecule has 2 nitrogen and oxygen atoms in total. The largest absolute Gasteiger partial charge is 0.469 e. The van der Waals surface area contributed by atoms with E-state index < -0.39 is 0 Å². The number of aryl methyl sites for hydroxylation is 1. The Morgan fingerprint density at radius 2 is 1.70 bits per heavy atom. The van der Waals surface area contributed by atoms with E-state index >= 15 is 0 Å². The lowest BCUT2D eigenvalue weighted by Crippen LogP contribution is -2.17. The fraction of sp³-hybridized carbons (Fsp3) is 0.238. The average Bonchev–Trinajstić information content (AvgIpc) is 3.11. The Morgan fingerprint density at radius 1 is 0.913 bits per heavy atom. The Hall–Kier alpha value is -2.32. The fourth-order valence-corrected chi connectivity index (χ4v) is 2.84. The van der Waals surface area contributed by atoms with Gasteiger partial charge in [0.05, 0.1) is 6.26 Å². The summed E-state index contributed by atoms with van der Waals surface area (Å²) < 4.78 is 5.67. The van der Waals surface area contributed by atoms with Crippen LogP contribution in [0, 0.1) is 6.92 Å². The van der Waals surface area contributed by atoms with E-state index in [0.29, 0.717) is 5.92 Å². The van der Waals surface area contributed by atoms with Gasteiger partial charge in [0.1, 0.15) is 5.76 Å². The van der Waals surface area contributed by atoms with Crippen molar-refractivity contribution in [3.8, 4) is 0 Å². The van der Waals surface area contributed by atoms with Crippen LogP contribution < -0.4 is 5.32 Å². The normalized spacial score (nSPS) is 12.2. The number of nitrogens with one attached hydrogen (secondary N) is 1. The molecule has 0 aliphatic carbocycles. The zero-order valence-electron chi connectivity index (χ0n) is 13.5. The van der Waals surface area contributed by atoms with Crippen molar-refractivity contribution in [2.45, 2.75) is 25.8 Å². The van der Waals surface area contributed by atoms with Crippen LogP contribution in [0.1, 0.15) is 34.8 Å². The molecule has 23 heavy (non-hydrogen) atoms. The molecule has 118 valence electrons. The van der Waals surface area contributed by atoms with Crippen molar-refractivity contribution in [3.63, 3.8) is 0 Å². The summed E-state index contributed by atoms with van der Waals surface area (Å²) in [5, 5.41) is 3.53. The third-order valence-electron chi connectivity index (χ3n) is 4.15. The first-order valence-corrected chi connectivity index (χ1v) is 8.17. The summed E-state index contributed by atoms with van der Waals surface area (Å²) in [7, 11) is 0. The van der Waals surface area contributed by atoms with E-state index in [1.54, 1.807) is 6.26 Å². The maximum Gasteiger partial charge on any atom is 0.111 e. The molecule has 0 unspecified atom stereocenters. The molecule has 1 heterocycles. The Kier molecular flexibility index (Phi) is 5.28. The van der Waals surface area contributed by atoms with Gasteiger partial charge < -0.3 is 9.73 Å². The zero-order valence-corrected chi connectivity index (χ0v) is 13.5. The first-order chi connectivity index (χ1) is 11.3. The molecule has 0 fully saturated rings. The second-order valence-electron chi connectivity index (χ2n) is 5.93. The van der Waals surface area contributed by atoms with Crippen molar-refractivity contribution in [2.24, 2.45) is 0 Å². The quantitative estimate of drug-likeness (QED) is 0.628. The first kappa shape index (κ1) is 15.6. The van der Waals surface area contributed by atoms with Crippen LogP contribution in [0.15, 0.2) is 77.4 Å². The number of hydrogen-bond acceptors (Lipinski definition) is 2. The Balaban J connectivity index is 1.62. The van der Waals surface area contributed by atoms with Crippen LogP contribution in [-0.2, 0) is 6.54 Å². The Bertz CT molecular complexity index is 686. The van der Waals surface area contributed by atoms with E-state index in [4.69, 9.17) is 4.42 Å². The van der Waals surface area contributed by atoms with E-state index in [2.05, 4.69) is 66.8 Å². The van der Waals surface area contributed by atoms with Gasteiger partial charge in [-0.1, -0.05) is 60.2 Å². The molecule has 1 atom stereocenters. The van der Waals surface area contributed by atoms with Crippen LogP contribution in [0.2, 0.25) is 0 Å². The predicted octanol–water partition coefficient (Wildman–Crippen LogP) is 4.90. The fourth-order valence-electron chi connectivity index (χ4n) is 2.84. The molecule has 0 aliphatic rings. The van der Waals surface area contributed by atoms with Crippen LogP contribution in [-0.4, -0.2) is 6.54 Å². The van der Waals surface area contributed by atoms with Gasteiger partial charge in [-0.25, -0.2) is 0 Å². The first-order valence-electron chi connectivity index (χ1n) is 8.17. The smallest absolute Gasteiger partial charge is 0.111 e. The molecule has 1 N–H and O–H groups in total. The SMILES string of the molecule is Cc1ccc([C@H](CCNCc2ccccc2)c2ccco2)cc1. The van der Waals surface area contributed by atoms with E-state index in [0.717, 1.165) is 25.3 Å². The van der Waals surface area contributed by atoms with Crippen molar-refractivity contribution in [1.82, 2.24) is 5.32 Å². The highest BCUT2D eigenvalue weighted by atomic mass is 16.3. The van der Waals surface area contributed by atoms with Crippen LogP contribution >= 0.6 is 0 Å². The zero-order chi connectivity index (χ0) is 15.9. The van der Waals surface area contributed by atoms with Gasteiger partial charge in [0.25, 0.3) is 0 Å². The van der Waals surface area contributed by atoms with Crippen molar-refractivity contribution in [1.29, 1.82) is 0 Å². The number of rotatable bonds is 7. The molecule has 0 amide bonds. The van der Waals surface area contributed by atoms with Gasteiger partial charge in [0, 0.05) is 12.5 Å². The van der Waals surface area contributed by atoms with E-state index in [1.165, 1.54) is 16.7 Å². The molecule has 0 spiro atoms. The molecule has 0 aliphatic heterocycles. The lowest BCUT2D eigenvalue weighted by Gasteiger charge is -2.16. The molecule has 3 rings (SSSR count). The molecule has 2 heteroatoms. The average molecular weight is 305 g/mol. The van der Waals surface area contributed by atoms with E-state index in [9.17, 15) is 0 Å². The molecule has 0 saturated heterocycles. The summed E-state index contributed by atoms with van der Waals surface area (Å²) in [4.78, 5) is 0. The highest BCUT2D eigenvalue weighted by Crippen LogP contribution is 2.28. The topological polar surface area (TPSA) is 25.2 Å². The summed E-state index contributed by atoms with van der Waals surface area (Å²) in [5.41, 5.74) is 3.92. The van der Waals surface area contributed by atoms with Crippen molar-refractivity contribution in [3.05, 3.63) is 95.4 Å². The molecular formula is C21H23NO. The van der Waals surface area contributed by atoms with E-state index in [1.807, 2.05) is 12.1 Å². The van der Waals surface area contributed by atoms with Crippen LogP contribution in [0.5, 0.6) is 0 Å². The van der Waals surface area contributed by atoms with Crippen LogP contribution in [0.25, 0.3) is 0 Å². The van der Waals surface area contributed by atoms with E-state index in [-0.39, 0.29) is 0 Å². The highest BCUT2D eigenvalue weighted by Gasteiger charge is 2.16. The molecule has 1 aromatic heterocycles. The Labute approximate surface area is 138 Å². The summed E-state index contributed by atoms with van der Waals surface area (Å²) in [6.07, 6.45) is 2.78. The number of benzene rings is 2. The van der Waals surface area contributed by atoms with Crippen molar-refractivity contribution < 1.29 is 4.42 Å². The van der Waals surface area contributed by atoms with Gasteiger partial charge in [-0.05, 0) is 43.1 Å². The summed E-state index contributed by atoms with van der Waals surface area (Å²) in [5.74, 6) is 1.34. The highest BCUT2D eigenvalue weighted by molar-refractivity contribution is 5.30.